The van der Waals surface area contributed by atoms with Crippen LogP contribution in [0.3, 0.4) is 0 Å². The van der Waals surface area contributed by atoms with Crippen molar-refractivity contribution in [1.29, 1.82) is 0 Å². The average Bonchev–Trinajstić information content (AvgIpc) is 2.92. The third-order valence-electron chi connectivity index (χ3n) is 2.28. The van der Waals surface area contributed by atoms with Crippen LogP contribution in [0.5, 0.6) is 11.5 Å². The van der Waals surface area contributed by atoms with Gasteiger partial charge >= 0.3 is 0 Å². The molecule has 0 saturated carbocycles. The number of carbonyl (C=O) groups excluding carboxylic acids is 1. The normalized spacial score (nSPS) is 9.89. The van der Waals surface area contributed by atoms with Gasteiger partial charge in [0.2, 0.25) is 0 Å². The van der Waals surface area contributed by atoms with E-state index in [9.17, 15) is 4.79 Å². The van der Waals surface area contributed by atoms with Gasteiger partial charge in [0.15, 0.2) is 5.01 Å². The Hall–Kier alpha value is -2.08. The van der Waals surface area contributed by atoms with E-state index >= 15 is 0 Å². The van der Waals surface area contributed by atoms with Gasteiger partial charge in [-0.15, -0.1) is 11.3 Å². The molecule has 1 amide bonds. The van der Waals surface area contributed by atoms with E-state index in [1.54, 1.807) is 44.0 Å². The molecule has 6 heteroatoms. The van der Waals surface area contributed by atoms with Gasteiger partial charge in [-0.1, -0.05) is 0 Å². The summed E-state index contributed by atoms with van der Waals surface area (Å²) in [6.45, 7) is 0. The van der Waals surface area contributed by atoms with Crippen LogP contribution in [-0.2, 0) is 0 Å². The van der Waals surface area contributed by atoms with Crippen LogP contribution in [0, 0.1) is 0 Å². The molecule has 0 aliphatic carbocycles. The summed E-state index contributed by atoms with van der Waals surface area (Å²) in [6, 6.07) is 5.19. The van der Waals surface area contributed by atoms with E-state index in [2.05, 4.69) is 10.3 Å². The van der Waals surface area contributed by atoms with Gasteiger partial charge in [-0.25, -0.2) is 4.98 Å². The number of amides is 1. The summed E-state index contributed by atoms with van der Waals surface area (Å²) >= 11 is 1.28. The molecule has 18 heavy (non-hydrogen) atoms. The summed E-state index contributed by atoms with van der Waals surface area (Å²) < 4.78 is 10.3. The SMILES string of the molecule is COc1ccc(OC)c(NC(=O)c2nccs2)c1. The van der Waals surface area contributed by atoms with Crippen molar-refractivity contribution in [3.63, 3.8) is 0 Å². The number of benzene rings is 1. The highest BCUT2D eigenvalue weighted by Gasteiger charge is 2.12. The van der Waals surface area contributed by atoms with Crippen molar-refractivity contribution in [2.24, 2.45) is 0 Å². The van der Waals surface area contributed by atoms with Gasteiger partial charge in [-0.3, -0.25) is 4.79 Å². The highest BCUT2D eigenvalue weighted by atomic mass is 32.1. The first-order valence-corrected chi connectivity index (χ1v) is 6.05. The van der Waals surface area contributed by atoms with Gasteiger partial charge < -0.3 is 14.8 Å². The molecule has 2 aromatic rings. The smallest absolute Gasteiger partial charge is 0.284 e. The lowest BCUT2D eigenvalue weighted by atomic mass is 10.2. The number of nitrogens with zero attached hydrogens (tertiary/aromatic N) is 1. The quantitative estimate of drug-likeness (QED) is 0.921. The fourth-order valence-electron chi connectivity index (χ4n) is 1.42. The van der Waals surface area contributed by atoms with Gasteiger partial charge in [-0.2, -0.15) is 0 Å². The second kappa shape index (κ2) is 5.50. The van der Waals surface area contributed by atoms with Crippen LogP contribution < -0.4 is 14.8 Å². The van der Waals surface area contributed by atoms with E-state index in [0.29, 0.717) is 22.2 Å². The second-order valence-corrected chi connectivity index (χ2v) is 4.25. The van der Waals surface area contributed by atoms with Crippen molar-refractivity contribution in [2.75, 3.05) is 19.5 Å². The van der Waals surface area contributed by atoms with Crippen LogP contribution in [0.15, 0.2) is 29.8 Å². The molecule has 2 rings (SSSR count). The largest absolute Gasteiger partial charge is 0.497 e. The first-order valence-electron chi connectivity index (χ1n) is 5.17. The van der Waals surface area contributed by atoms with E-state index in [0.717, 1.165) is 0 Å². The van der Waals surface area contributed by atoms with Gasteiger partial charge in [0.1, 0.15) is 11.5 Å². The minimum Gasteiger partial charge on any atom is -0.497 e. The maximum absolute atomic E-state index is 11.9. The lowest BCUT2D eigenvalue weighted by Crippen LogP contribution is -2.12. The molecule has 1 aromatic carbocycles. The van der Waals surface area contributed by atoms with Crippen LogP contribution in [0.4, 0.5) is 5.69 Å². The molecule has 0 atom stereocenters. The monoisotopic (exact) mass is 264 g/mol. The zero-order valence-electron chi connectivity index (χ0n) is 9.97. The number of carbonyl (C=O) groups is 1. The highest BCUT2D eigenvalue weighted by molar-refractivity contribution is 7.11. The zero-order chi connectivity index (χ0) is 13.0. The number of rotatable bonds is 4. The Balaban J connectivity index is 2.24. The van der Waals surface area contributed by atoms with Crippen molar-refractivity contribution < 1.29 is 14.3 Å². The van der Waals surface area contributed by atoms with Crippen molar-refractivity contribution in [3.05, 3.63) is 34.8 Å². The Morgan fingerprint density at radius 3 is 2.78 bits per heavy atom. The molecular weight excluding hydrogens is 252 g/mol. The minimum absolute atomic E-state index is 0.267. The minimum atomic E-state index is -0.267. The molecule has 0 bridgehead atoms. The third kappa shape index (κ3) is 2.60. The van der Waals surface area contributed by atoms with Gasteiger partial charge in [0.05, 0.1) is 19.9 Å². The summed E-state index contributed by atoms with van der Waals surface area (Å²) in [5, 5.41) is 4.89. The number of methoxy groups -OCH3 is 2. The second-order valence-electron chi connectivity index (χ2n) is 3.36. The summed E-state index contributed by atoms with van der Waals surface area (Å²) in [5.74, 6) is 0.947. The lowest BCUT2D eigenvalue weighted by molar-refractivity contribution is 0.102. The predicted octanol–water partition coefficient (Wildman–Crippen LogP) is 2.41. The van der Waals surface area contributed by atoms with E-state index in [1.807, 2.05) is 0 Å². The first-order chi connectivity index (χ1) is 8.74. The molecule has 0 fully saturated rings. The molecule has 0 spiro atoms. The molecule has 0 unspecified atom stereocenters. The Bertz CT molecular complexity index is 540. The predicted molar refractivity (Wildman–Crippen MR) is 69.6 cm³/mol. The average molecular weight is 264 g/mol. The third-order valence-corrected chi connectivity index (χ3v) is 3.05. The molecule has 1 aromatic heterocycles. The van der Waals surface area contributed by atoms with Crippen molar-refractivity contribution in [2.45, 2.75) is 0 Å². The van der Waals surface area contributed by atoms with Gasteiger partial charge in [0, 0.05) is 17.6 Å². The zero-order valence-corrected chi connectivity index (χ0v) is 10.8. The van der Waals surface area contributed by atoms with Crippen LogP contribution >= 0.6 is 11.3 Å². The number of hydrogen-bond acceptors (Lipinski definition) is 5. The first kappa shape index (κ1) is 12.4. The Morgan fingerprint density at radius 2 is 2.17 bits per heavy atom. The summed E-state index contributed by atoms with van der Waals surface area (Å²) in [4.78, 5) is 15.8. The standard InChI is InChI=1S/C12H12N2O3S/c1-16-8-3-4-10(17-2)9(7-8)14-11(15)12-13-5-6-18-12/h3-7H,1-2H3,(H,14,15). The lowest BCUT2D eigenvalue weighted by Gasteiger charge is -2.10. The van der Waals surface area contributed by atoms with Gasteiger partial charge in [-0.05, 0) is 12.1 Å². The molecule has 1 N–H and O–H groups in total. The Morgan fingerprint density at radius 1 is 1.33 bits per heavy atom. The van der Waals surface area contributed by atoms with Crippen molar-refractivity contribution >= 4 is 22.9 Å². The molecule has 0 aliphatic heterocycles. The molecule has 5 nitrogen and oxygen atoms in total. The Labute approximate surface area is 108 Å². The fraction of sp³-hybridized carbons (Fsp3) is 0.167. The number of aromatic nitrogens is 1. The molecule has 0 aliphatic rings. The number of ether oxygens (including phenoxy) is 2. The fourth-order valence-corrected chi connectivity index (χ4v) is 1.95. The van der Waals surface area contributed by atoms with Crippen molar-refractivity contribution in [3.8, 4) is 11.5 Å². The van der Waals surface area contributed by atoms with Crippen LogP contribution in [0.25, 0.3) is 0 Å². The summed E-state index contributed by atoms with van der Waals surface area (Å²) in [6.07, 6.45) is 1.59. The van der Waals surface area contributed by atoms with Crippen LogP contribution in [0.2, 0.25) is 0 Å². The molecule has 1 heterocycles. The topological polar surface area (TPSA) is 60.5 Å². The number of nitrogens with one attached hydrogen (secondary N) is 1. The molecule has 0 radical (unpaired) electrons. The van der Waals surface area contributed by atoms with E-state index in [4.69, 9.17) is 9.47 Å². The molecule has 94 valence electrons. The van der Waals surface area contributed by atoms with Crippen LogP contribution in [0.1, 0.15) is 9.80 Å². The summed E-state index contributed by atoms with van der Waals surface area (Å²) in [7, 11) is 3.11. The number of hydrogen-bond donors (Lipinski definition) is 1. The highest BCUT2D eigenvalue weighted by Crippen LogP contribution is 2.29. The molecular formula is C12H12N2O3S. The Kier molecular flexibility index (Phi) is 3.78. The maximum Gasteiger partial charge on any atom is 0.284 e. The van der Waals surface area contributed by atoms with E-state index < -0.39 is 0 Å². The number of thiazole rings is 1. The van der Waals surface area contributed by atoms with Crippen molar-refractivity contribution in [1.82, 2.24) is 4.98 Å². The maximum atomic E-state index is 11.9. The number of anilines is 1. The van der Waals surface area contributed by atoms with Gasteiger partial charge in [0.25, 0.3) is 5.91 Å². The van der Waals surface area contributed by atoms with E-state index in [-0.39, 0.29) is 5.91 Å². The molecule has 0 saturated heterocycles. The van der Waals surface area contributed by atoms with E-state index in [1.165, 1.54) is 11.3 Å². The van der Waals surface area contributed by atoms with Crippen LogP contribution in [-0.4, -0.2) is 25.1 Å². The summed E-state index contributed by atoms with van der Waals surface area (Å²) in [5.41, 5.74) is 0.553.